The van der Waals surface area contributed by atoms with Gasteiger partial charge in [0.2, 0.25) is 0 Å². The van der Waals surface area contributed by atoms with E-state index in [2.05, 4.69) is 98.9 Å². The van der Waals surface area contributed by atoms with E-state index in [1.807, 2.05) is 0 Å². The van der Waals surface area contributed by atoms with E-state index in [4.69, 9.17) is 9.47 Å². The fourth-order valence-corrected chi connectivity index (χ4v) is 6.92. The molecule has 1 unspecified atom stereocenters. The monoisotopic (exact) mass is 835 g/mol. The number of hydrogen-bond acceptors (Lipinski definition) is 5. The molecule has 0 heterocycles. The Morgan fingerprint density at radius 1 is 0.400 bits per heavy atom. The molecule has 0 aromatic heterocycles. The van der Waals surface area contributed by atoms with Crippen molar-refractivity contribution >= 4 is 11.9 Å². The van der Waals surface area contributed by atoms with Gasteiger partial charge in [-0.1, -0.05) is 221 Å². The van der Waals surface area contributed by atoms with Crippen molar-refractivity contribution in [2.75, 3.05) is 13.2 Å². The largest absolute Gasteiger partial charge is 0.462 e. The van der Waals surface area contributed by atoms with Gasteiger partial charge in [-0.3, -0.25) is 9.59 Å². The van der Waals surface area contributed by atoms with Crippen molar-refractivity contribution in [2.45, 2.75) is 238 Å². The van der Waals surface area contributed by atoms with E-state index in [1.165, 1.54) is 135 Å². The number of esters is 2. The fourth-order valence-electron chi connectivity index (χ4n) is 6.92. The zero-order chi connectivity index (χ0) is 43.5. The van der Waals surface area contributed by atoms with Gasteiger partial charge in [-0.15, -0.1) is 0 Å². The molecule has 0 radical (unpaired) electrons. The summed E-state index contributed by atoms with van der Waals surface area (Å²) in [6.45, 7) is 3.97. The molecule has 0 aliphatic heterocycles. The highest BCUT2D eigenvalue weighted by molar-refractivity contribution is 5.70. The minimum atomic E-state index is -0.805. The molecule has 5 heteroatoms. The van der Waals surface area contributed by atoms with Crippen LogP contribution in [0.5, 0.6) is 0 Å². The maximum Gasteiger partial charge on any atom is 0.306 e. The molecule has 60 heavy (non-hydrogen) atoms. The molecule has 0 fully saturated rings. The summed E-state index contributed by atoms with van der Waals surface area (Å²) in [5.74, 6) is -0.658. The van der Waals surface area contributed by atoms with Gasteiger partial charge in [-0.25, -0.2) is 0 Å². The van der Waals surface area contributed by atoms with E-state index in [0.29, 0.717) is 12.8 Å². The van der Waals surface area contributed by atoms with Crippen LogP contribution >= 0.6 is 0 Å². The van der Waals surface area contributed by atoms with E-state index in [0.717, 1.165) is 64.2 Å². The molecule has 344 valence electrons. The van der Waals surface area contributed by atoms with Crippen LogP contribution in [-0.2, 0) is 19.1 Å². The molecule has 0 rings (SSSR count). The molecular formula is C55H94O5. The zero-order valence-electron chi connectivity index (χ0n) is 39.2. The Hall–Kier alpha value is -2.92. The number of carbonyl (C=O) groups excluding carboxylic acids is 2. The van der Waals surface area contributed by atoms with Crippen molar-refractivity contribution in [3.8, 4) is 0 Å². The predicted octanol–water partition coefficient (Wildman–Crippen LogP) is 16.6. The molecule has 5 nitrogen and oxygen atoms in total. The van der Waals surface area contributed by atoms with Crippen molar-refractivity contribution in [3.05, 3.63) is 85.1 Å². The van der Waals surface area contributed by atoms with Crippen LogP contribution in [0, 0.1) is 0 Å². The summed E-state index contributed by atoms with van der Waals surface area (Å²) in [6.07, 6.45) is 69.7. The SMILES string of the molecule is CC/C=C\C/C=C\C/C=C\C/C=C\C/C=C\CCCC(=O)OC(CO)COC(=O)CCCCCCCCCCCCCCCCCCC/C=C\C/C=C\CCCCCCC. The van der Waals surface area contributed by atoms with Crippen LogP contribution in [0.25, 0.3) is 0 Å². The maximum atomic E-state index is 12.2. The van der Waals surface area contributed by atoms with Gasteiger partial charge in [-0.05, 0) is 83.5 Å². The first-order valence-electron chi connectivity index (χ1n) is 25.1. The first-order valence-corrected chi connectivity index (χ1v) is 25.1. The van der Waals surface area contributed by atoms with Crippen LogP contribution in [0.2, 0.25) is 0 Å². The third-order valence-corrected chi connectivity index (χ3v) is 10.7. The second-order valence-electron chi connectivity index (χ2n) is 16.5. The zero-order valence-corrected chi connectivity index (χ0v) is 39.2. The molecule has 0 saturated carbocycles. The van der Waals surface area contributed by atoms with Gasteiger partial charge in [-0.2, -0.15) is 0 Å². The Morgan fingerprint density at radius 3 is 1.13 bits per heavy atom. The highest BCUT2D eigenvalue weighted by Crippen LogP contribution is 2.15. The summed E-state index contributed by atoms with van der Waals surface area (Å²) in [7, 11) is 0. The summed E-state index contributed by atoms with van der Waals surface area (Å²) in [5, 5.41) is 9.60. The number of unbranched alkanes of at least 4 members (excludes halogenated alkanes) is 23. The normalized spacial score (nSPS) is 12.9. The van der Waals surface area contributed by atoms with Crippen molar-refractivity contribution in [2.24, 2.45) is 0 Å². The van der Waals surface area contributed by atoms with E-state index in [9.17, 15) is 14.7 Å². The molecular weight excluding hydrogens is 741 g/mol. The molecule has 0 aliphatic rings. The molecule has 0 spiro atoms. The van der Waals surface area contributed by atoms with Crippen LogP contribution in [0.15, 0.2) is 85.1 Å². The molecule has 0 aromatic rings. The van der Waals surface area contributed by atoms with Crippen molar-refractivity contribution in [1.82, 2.24) is 0 Å². The summed E-state index contributed by atoms with van der Waals surface area (Å²) in [6, 6.07) is 0. The van der Waals surface area contributed by atoms with Crippen molar-refractivity contribution in [1.29, 1.82) is 0 Å². The lowest BCUT2D eigenvalue weighted by Crippen LogP contribution is -2.28. The lowest BCUT2D eigenvalue weighted by atomic mass is 10.0. The molecule has 0 amide bonds. The minimum Gasteiger partial charge on any atom is -0.462 e. The molecule has 1 atom stereocenters. The maximum absolute atomic E-state index is 12.2. The average molecular weight is 835 g/mol. The third kappa shape index (κ3) is 47.8. The number of aliphatic hydroxyl groups is 1. The highest BCUT2D eigenvalue weighted by Gasteiger charge is 2.16. The smallest absolute Gasteiger partial charge is 0.306 e. The van der Waals surface area contributed by atoms with Crippen LogP contribution in [0.3, 0.4) is 0 Å². The molecule has 0 bridgehead atoms. The van der Waals surface area contributed by atoms with Gasteiger partial charge in [0, 0.05) is 12.8 Å². The lowest BCUT2D eigenvalue weighted by molar-refractivity contribution is -0.161. The van der Waals surface area contributed by atoms with Gasteiger partial charge in [0.25, 0.3) is 0 Å². The number of ether oxygens (including phenoxy) is 2. The van der Waals surface area contributed by atoms with Gasteiger partial charge in [0.15, 0.2) is 6.10 Å². The van der Waals surface area contributed by atoms with Crippen LogP contribution in [0.4, 0.5) is 0 Å². The van der Waals surface area contributed by atoms with Gasteiger partial charge in [0.05, 0.1) is 6.61 Å². The Kier molecular flexibility index (Phi) is 48.0. The van der Waals surface area contributed by atoms with E-state index >= 15 is 0 Å². The number of rotatable bonds is 45. The van der Waals surface area contributed by atoms with Crippen LogP contribution in [0.1, 0.15) is 232 Å². The Balaban J connectivity index is 3.53. The topological polar surface area (TPSA) is 72.8 Å². The van der Waals surface area contributed by atoms with E-state index in [-0.39, 0.29) is 31.6 Å². The standard InChI is InChI=1S/C55H94O5/c1-3-5-7-9-11-13-15-17-19-21-22-23-24-25-26-27-28-29-30-31-32-34-35-37-39-41-43-45-47-49-54(57)59-52-53(51-56)60-55(58)50-48-46-44-42-40-38-36-33-20-18-16-14-12-10-8-6-4-2/h6,8,12,14-15,17-18,20-22,36,38,42,44,53,56H,3-5,7,9-11,13,16,19,23-35,37,39-41,43,45-52H2,1-2H3/b8-6-,14-12-,17-15-,20-18-,22-21-,38-36-,44-42-. The molecule has 0 saturated heterocycles. The number of allylic oxidation sites excluding steroid dienone is 14. The Labute approximate surface area is 371 Å². The summed E-state index contributed by atoms with van der Waals surface area (Å²) < 4.78 is 10.6. The van der Waals surface area contributed by atoms with Gasteiger partial charge in [0.1, 0.15) is 6.61 Å². The van der Waals surface area contributed by atoms with Crippen LogP contribution < -0.4 is 0 Å². The minimum absolute atomic E-state index is 0.0911. The molecule has 0 aliphatic carbocycles. The summed E-state index contributed by atoms with van der Waals surface area (Å²) >= 11 is 0. The molecule has 0 aromatic carbocycles. The second-order valence-corrected chi connectivity index (χ2v) is 16.5. The first-order chi connectivity index (χ1) is 29.6. The second kappa shape index (κ2) is 50.4. The molecule has 1 N–H and O–H groups in total. The van der Waals surface area contributed by atoms with E-state index < -0.39 is 6.10 Å². The summed E-state index contributed by atoms with van der Waals surface area (Å²) in [5.41, 5.74) is 0. The predicted molar refractivity (Wildman–Crippen MR) is 260 cm³/mol. The number of carbonyl (C=O) groups is 2. The van der Waals surface area contributed by atoms with E-state index in [1.54, 1.807) is 0 Å². The number of aliphatic hydroxyl groups excluding tert-OH is 1. The van der Waals surface area contributed by atoms with Crippen molar-refractivity contribution < 1.29 is 24.2 Å². The van der Waals surface area contributed by atoms with Crippen molar-refractivity contribution in [3.63, 3.8) is 0 Å². The first kappa shape index (κ1) is 57.1. The average Bonchev–Trinajstić information content (AvgIpc) is 3.25. The fraction of sp³-hybridized carbons (Fsp3) is 0.709. The Bertz CT molecular complexity index is 1130. The number of hydrogen-bond donors (Lipinski definition) is 1. The quantitative estimate of drug-likeness (QED) is 0.0376. The van der Waals surface area contributed by atoms with Gasteiger partial charge < -0.3 is 14.6 Å². The van der Waals surface area contributed by atoms with Gasteiger partial charge >= 0.3 is 11.9 Å². The van der Waals surface area contributed by atoms with Crippen LogP contribution in [-0.4, -0.2) is 36.4 Å². The lowest BCUT2D eigenvalue weighted by Gasteiger charge is -2.15. The summed E-state index contributed by atoms with van der Waals surface area (Å²) in [4.78, 5) is 24.4. The Morgan fingerprint density at radius 2 is 0.733 bits per heavy atom. The highest BCUT2D eigenvalue weighted by atomic mass is 16.6. The third-order valence-electron chi connectivity index (χ3n) is 10.7.